The summed E-state index contributed by atoms with van der Waals surface area (Å²) in [5.74, 6) is -0.350. The average molecular weight is 346 g/mol. The number of thioether (sulfide) groups is 1. The van der Waals surface area contributed by atoms with Crippen LogP contribution in [-0.4, -0.2) is 24.1 Å². The first-order valence-electron chi connectivity index (χ1n) is 7.58. The van der Waals surface area contributed by atoms with Gasteiger partial charge in [-0.3, -0.25) is 9.59 Å². The van der Waals surface area contributed by atoms with Crippen molar-refractivity contribution in [3.05, 3.63) is 60.4 Å². The first-order chi connectivity index (χ1) is 11.6. The van der Waals surface area contributed by atoms with Gasteiger partial charge in [-0.05, 0) is 36.4 Å². The Kier molecular flexibility index (Phi) is 6.81. The lowest BCUT2D eigenvalue weighted by molar-refractivity contribution is -0.118. The zero-order valence-corrected chi connectivity index (χ0v) is 14.0. The molecule has 0 saturated heterocycles. The molecule has 0 aliphatic rings. The third-order valence-corrected chi connectivity index (χ3v) is 4.36. The second-order valence-corrected chi connectivity index (χ2v) is 6.32. The molecule has 0 saturated carbocycles. The Morgan fingerprint density at radius 2 is 1.67 bits per heavy atom. The topological polar surface area (TPSA) is 63.4 Å². The predicted molar refractivity (Wildman–Crippen MR) is 94.3 cm³/mol. The Hall–Kier alpha value is -2.34. The summed E-state index contributed by atoms with van der Waals surface area (Å²) < 4.78 is 13.1. The molecule has 2 rings (SSSR count). The highest BCUT2D eigenvalue weighted by atomic mass is 32.2. The van der Waals surface area contributed by atoms with Crippen LogP contribution in [0.1, 0.15) is 12.8 Å². The van der Waals surface area contributed by atoms with Gasteiger partial charge in [0.2, 0.25) is 11.8 Å². The van der Waals surface area contributed by atoms with E-state index >= 15 is 0 Å². The fraction of sp³-hybridized carbons (Fsp3) is 0.222. The van der Waals surface area contributed by atoms with E-state index in [9.17, 15) is 14.0 Å². The van der Waals surface area contributed by atoms with Crippen molar-refractivity contribution in [2.24, 2.45) is 5.73 Å². The summed E-state index contributed by atoms with van der Waals surface area (Å²) in [5, 5.41) is 0. The van der Waals surface area contributed by atoms with E-state index in [0.717, 1.165) is 4.90 Å². The number of nitrogens with two attached hydrogens (primary N) is 1. The van der Waals surface area contributed by atoms with Crippen LogP contribution in [-0.2, 0) is 9.59 Å². The van der Waals surface area contributed by atoms with Crippen molar-refractivity contribution in [3.8, 4) is 0 Å². The van der Waals surface area contributed by atoms with Crippen molar-refractivity contribution < 1.29 is 14.0 Å². The summed E-state index contributed by atoms with van der Waals surface area (Å²) in [5.41, 5.74) is 5.74. The van der Waals surface area contributed by atoms with Crippen molar-refractivity contribution in [1.29, 1.82) is 0 Å². The Balaban J connectivity index is 1.98. The van der Waals surface area contributed by atoms with Gasteiger partial charge < -0.3 is 10.6 Å². The fourth-order valence-corrected chi connectivity index (χ4v) is 3.01. The van der Waals surface area contributed by atoms with Crippen LogP contribution < -0.4 is 10.6 Å². The highest BCUT2D eigenvalue weighted by Gasteiger charge is 2.16. The third-order valence-electron chi connectivity index (χ3n) is 3.35. The molecule has 0 bridgehead atoms. The van der Waals surface area contributed by atoms with Crippen LogP contribution >= 0.6 is 11.8 Å². The summed E-state index contributed by atoms with van der Waals surface area (Å²) in [6.45, 7) is 0.190. The van der Waals surface area contributed by atoms with Gasteiger partial charge in [0.05, 0.1) is 0 Å². The van der Waals surface area contributed by atoms with E-state index in [-0.39, 0.29) is 24.7 Å². The van der Waals surface area contributed by atoms with Crippen LogP contribution in [0.15, 0.2) is 59.5 Å². The third kappa shape index (κ3) is 5.70. The number of carbonyl (C=O) groups is 2. The minimum Gasteiger partial charge on any atom is -0.370 e. The average Bonchev–Trinajstić information content (AvgIpc) is 2.57. The van der Waals surface area contributed by atoms with Crippen molar-refractivity contribution in [1.82, 2.24) is 0 Å². The van der Waals surface area contributed by atoms with Gasteiger partial charge in [-0.2, -0.15) is 0 Å². The highest BCUT2D eigenvalue weighted by Crippen LogP contribution is 2.20. The number of nitrogens with zero attached hydrogens (tertiary/aromatic N) is 1. The second-order valence-electron chi connectivity index (χ2n) is 5.15. The molecule has 0 spiro atoms. The summed E-state index contributed by atoms with van der Waals surface area (Å²) in [7, 11) is 0. The Morgan fingerprint density at radius 3 is 2.29 bits per heavy atom. The number of anilines is 1. The lowest BCUT2D eigenvalue weighted by atomic mass is 10.2. The summed E-state index contributed by atoms with van der Waals surface area (Å²) in [6.07, 6.45) is 0.380. The maximum absolute atomic E-state index is 13.1. The van der Waals surface area contributed by atoms with Gasteiger partial charge in [-0.15, -0.1) is 11.8 Å². The highest BCUT2D eigenvalue weighted by molar-refractivity contribution is 7.99. The molecule has 0 aliphatic heterocycles. The van der Waals surface area contributed by atoms with Crippen LogP contribution in [0.25, 0.3) is 0 Å². The molecule has 24 heavy (non-hydrogen) atoms. The molecule has 0 aromatic heterocycles. The molecule has 0 heterocycles. The number of rotatable bonds is 8. The maximum atomic E-state index is 13.1. The number of halogens is 1. The number of benzene rings is 2. The minimum atomic E-state index is -0.478. The molecule has 0 fully saturated rings. The van der Waals surface area contributed by atoms with Crippen molar-refractivity contribution >= 4 is 29.3 Å². The fourth-order valence-electron chi connectivity index (χ4n) is 2.15. The van der Waals surface area contributed by atoms with Crippen LogP contribution in [0.3, 0.4) is 0 Å². The van der Waals surface area contributed by atoms with Gasteiger partial charge >= 0.3 is 0 Å². The molecule has 2 aromatic carbocycles. The molecule has 0 atom stereocenters. The SMILES string of the molecule is NC(=O)CCN(C(=O)CCSc1ccccc1)c1ccc(F)cc1. The van der Waals surface area contributed by atoms with Crippen molar-refractivity contribution in [2.45, 2.75) is 17.7 Å². The Labute approximate surface area is 144 Å². The number of amides is 2. The Bertz CT molecular complexity index is 677. The summed E-state index contributed by atoms with van der Waals surface area (Å²) in [6, 6.07) is 15.4. The molecule has 2 aromatic rings. The largest absolute Gasteiger partial charge is 0.370 e. The molecule has 0 radical (unpaired) electrons. The molecule has 2 N–H and O–H groups in total. The summed E-state index contributed by atoms with van der Waals surface area (Å²) in [4.78, 5) is 26.1. The Morgan fingerprint density at radius 1 is 1.00 bits per heavy atom. The molecule has 0 unspecified atom stereocenters. The van der Waals surface area contributed by atoms with Gasteiger partial charge in [0.1, 0.15) is 5.82 Å². The molecular weight excluding hydrogens is 327 g/mol. The molecule has 2 amide bonds. The van der Waals surface area contributed by atoms with E-state index in [0.29, 0.717) is 17.9 Å². The molecule has 6 heteroatoms. The first-order valence-corrected chi connectivity index (χ1v) is 8.57. The molecule has 4 nitrogen and oxygen atoms in total. The predicted octanol–water partition coefficient (Wildman–Crippen LogP) is 3.22. The lowest BCUT2D eigenvalue weighted by Gasteiger charge is -2.22. The van der Waals surface area contributed by atoms with Crippen LogP contribution in [0.4, 0.5) is 10.1 Å². The number of primary amides is 1. The molecule has 126 valence electrons. The monoisotopic (exact) mass is 346 g/mol. The standard InChI is InChI=1S/C18H19FN2O2S/c19-14-6-8-15(9-7-14)21(12-10-17(20)22)18(23)11-13-24-16-4-2-1-3-5-16/h1-9H,10-13H2,(H2,20,22). The summed E-state index contributed by atoms with van der Waals surface area (Å²) >= 11 is 1.59. The van der Waals surface area contributed by atoms with Gasteiger partial charge in [0, 0.05) is 35.7 Å². The zero-order valence-electron chi connectivity index (χ0n) is 13.2. The number of hydrogen-bond acceptors (Lipinski definition) is 3. The van der Waals surface area contributed by atoms with Gasteiger partial charge in [0.15, 0.2) is 0 Å². The normalized spacial score (nSPS) is 10.4. The van der Waals surface area contributed by atoms with E-state index in [1.165, 1.54) is 29.2 Å². The van der Waals surface area contributed by atoms with Crippen LogP contribution in [0, 0.1) is 5.82 Å². The number of hydrogen-bond donors (Lipinski definition) is 1. The smallest absolute Gasteiger partial charge is 0.227 e. The zero-order chi connectivity index (χ0) is 17.4. The minimum absolute atomic E-state index is 0.0644. The quantitative estimate of drug-likeness (QED) is 0.747. The van der Waals surface area contributed by atoms with E-state index in [2.05, 4.69) is 0 Å². The van der Waals surface area contributed by atoms with Gasteiger partial charge in [-0.1, -0.05) is 18.2 Å². The molecule has 0 aliphatic carbocycles. The van der Waals surface area contributed by atoms with Gasteiger partial charge in [0.25, 0.3) is 0 Å². The van der Waals surface area contributed by atoms with Crippen LogP contribution in [0.2, 0.25) is 0 Å². The van der Waals surface area contributed by atoms with Crippen molar-refractivity contribution in [3.63, 3.8) is 0 Å². The van der Waals surface area contributed by atoms with E-state index < -0.39 is 5.91 Å². The number of carbonyl (C=O) groups excluding carboxylic acids is 2. The van der Waals surface area contributed by atoms with E-state index in [1.807, 2.05) is 30.3 Å². The lowest BCUT2D eigenvalue weighted by Crippen LogP contribution is -2.34. The maximum Gasteiger partial charge on any atom is 0.227 e. The van der Waals surface area contributed by atoms with E-state index in [1.54, 1.807) is 11.8 Å². The van der Waals surface area contributed by atoms with Crippen molar-refractivity contribution in [2.75, 3.05) is 17.2 Å². The first kappa shape index (κ1) is 18.0. The second kappa shape index (κ2) is 9.08. The van der Waals surface area contributed by atoms with Crippen LogP contribution in [0.5, 0.6) is 0 Å². The molecular formula is C18H19FN2O2S. The van der Waals surface area contributed by atoms with E-state index in [4.69, 9.17) is 5.73 Å². The van der Waals surface area contributed by atoms with Gasteiger partial charge in [-0.25, -0.2) is 4.39 Å².